The number of rotatable bonds is 9. The Morgan fingerprint density at radius 2 is 0.789 bits per heavy atom. The van der Waals surface area contributed by atoms with Crippen molar-refractivity contribution in [1.82, 2.24) is 0 Å². The van der Waals surface area contributed by atoms with Crippen LogP contribution in [0.1, 0.15) is 60.1 Å². The summed E-state index contributed by atoms with van der Waals surface area (Å²) >= 11 is 0. The molecule has 11 aromatic rings. The average molecular weight is 975 g/mol. The molecule has 15 rings (SSSR count). The molecule has 4 aliphatic rings. The minimum Gasteiger partial charge on any atom is -0.310 e. The summed E-state index contributed by atoms with van der Waals surface area (Å²) in [5, 5.41) is 2.50. The summed E-state index contributed by atoms with van der Waals surface area (Å²) in [6, 6.07) is 95.9. The number of hydrogen-bond donors (Lipinski definition) is 0. The van der Waals surface area contributed by atoms with Crippen LogP contribution >= 0.6 is 0 Å². The number of anilines is 6. The fourth-order valence-corrected chi connectivity index (χ4v) is 14.9. The third-order valence-corrected chi connectivity index (χ3v) is 18.1. The summed E-state index contributed by atoms with van der Waals surface area (Å²) in [6.45, 7) is 4.84. The van der Waals surface area contributed by atoms with Gasteiger partial charge in [-0.25, -0.2) is 0 Å². The second-order valence-corrected chi connectivity index (χ2v) is 22.3. The van der Waals surface area contributed by atoms with Gasteiger partial charge in [0.15, 0.2) is 0 Å². The molecule has 0 radical (unpaired) electrons. The largest absolute Gasteiger partial charge is 0.310 e. The monoisotopic (exact) mass is 974 g/mol. The van der Waals surface area contributed by atoms with E-state index in [2.05, 4.69) is 278 Å². The van der Waals surface area contributed by atoms with Crippen molar-refractivity contribution in [2.24, 2.45) is 11.8 Å². The maximum Gasteiger partial charge on any atom is 0.0505 e. The van der Waals surface area contributed by atoms with Gasteiger partial charge in [-0.2, -0.15) is 0 Å². The zero-order chi connectivity index (χ0) is 50.5. The van der Waals surface area contributed by atoms with Crippen molar-refractivity contribution in [2.45, 2.75) is 50.4 Å². The highest BCUT2D eigenvalue weighted by Crippen LogP contribution is 2.69. The number of fused-ring (bicyclic) bond motifs is 6. The second kappa shape index (κ2) is 17.4. The van der Waals surface area contributed by atoms with Crippen LogP contribution in [0.2, 0.25) is 0 Å². The van der Waals surface area contributed by atoms with Crippen molar-refractivity contribution in [3.63, 3.8) is 0 Å². The van der Waals surface area contributed by atoms with E-state index in [4.69, 9.17) is 0 Å². The van der Waals surface area contributed by atoms with Crippen LogP contribution in [-0.2, 0) is 23.7 Å². The van der Waals surface area contributed by atoms with Crippen molar-refractivity contribution >= 4 is 44.9 Å². The number of para-hydroxylation sites is 2. The van der Waals surface area contributed by atoms with Gasteiger partial charge in [-0.15, -0.1) is 0 Å². The maximum absolute atomic E-state index is 2.64. The molecule has 1 fully saturated rings. The van der Waals surface area contributed by atoms with Gasteiger partial charge >= 0.3 is 0 Å². The Kier molecular flexibility index (Phi) is 10.3. The molecule has 0 N–H and O–H groups in total. The summed E-state index contributed by atoms with van der Waals surface area (Å²) in [5.41, 5.74) is 25.8. The molecule has 2 heteroatoms. The number of hydrogen-bond acceptors (Lipinski definition) is 2. The van der Waals surface area contributed by atoms with Crippen LogP contribution in [0.15, 0.2) is 255 Å². The van der Waals surface area contributed by atoms with E-state index in [1.54, 1.807) is 0 Å². The van der Waals surface area contributed by atoms with Gasteiger partial charge in [-0.3, -0.25) is 0 Å². The molecular weight excluding hydrogens is 917 g/mol. The second-order valence-electron chi connectivity index (χ2n) is 22.3. The molecule has 1 saturated carbocycles. The first-order chi connectivity index (χ1) is 37.4. The number of nitrogens with zero attached hydrogens (tertiary/aromatic N) is 2. The molecule has 0 saturated heterocycles. The highest BCUT2D eigenvalue weighted by atomic mass is 15.2. The van der Waals surface area contributed by atoms with Gasteiger partial charge in [0, 0.05) is 33.6 Å². The minimum absolute atomic E-state index is 0.190. The van der Waals surface area contributed by atoms with Crippen molar-refractivity contribution < 1.29 is 0 Å². The van der Waals surface area contributed by atoms with Crippen LogP contribution in [0.3, 0.4) is 0 Å². The van der Waals surface area contributed by atoms with Crippen molar-refractivity contribution in [3.05, 3.63) is 288 Å². The lowest BCUT2D eigenvalue weighted by Gasteiger charge is -2.40. The lowest BCUT2D eigenvalue weighted by atomic mass is 9.68. The standard InChI is InChI=1S/C74H58N2/c1-73(2)66-34-18-17-33-62(66)70-65(50-23-9-4-10-24-50)47-61(48-67(70)73)76(59-31-13-6-14-32-59)69-36-20-28-55-44-57-40-39-56-43-54-27-19-35-68(71(54)74(56,57)72(55)69)75(58-29-11-5-12-30-58)60-41-37-51(38-42-60)64-46-53-26-16-15-25-52(53)45-63(64)49-21-7-3-8-22-49/h3-38,41-42,45-48,56-57H,39-40,43-44H2,1-2H3. The van der Waals surface area contributed by atoms with Gasteiger partial charge in [0.2, 0.25) is 0 Å². The predicted octanol–water partition coefficient (Wildman–Crippen LogP) is 19.5. The van der Waals surface area contributed by atoms with Crippen LogP contribution in [0.5, 0.6) is 0 Å². The maximum atomic E-state index is 2.64. The lowest BCUT2D eigenvalue weighted by Crippen LogP contribution is -2.34. The molecule has 3 unspecified atom stereocenters. The molecule has 0 bridgehead atoms. The Labute approximate surface area is 447 Å². The predicted molar refractivity (Wildman–Crippen MR) is 318 cm³/mol. The van der Waals surface area contributed by atoms with E-state index in [1.165, 1.54) is 130 Å². The fourth-order valence-electron chi connectivity index (χ4n) is 14.9. The summed E-state index contributed by atoms with van der Waals surface area (Å²) in [7, 11) is 0. The van der Waals surface area contributed by atoms with E-state index in [0.29, 0.717) is 11.8 Å². The highest BCUT2D eigenvalue weighted by Gasteiger charge is 2.62. The smallest absolute Gasteiger partial charge is 0.0505 e. The third-order valence-electron chi connectivity index (χ3n) is 18.1. The average Bonchev–Trinajstić information content (AvgIpc) is 4.18. The lowest BCUT2D eigenvalue weighted by molar-refractivity contribution is 0.350. The third kappa shape index (κ3) is 6.72. The quantitative estimate of drug-likeness (QED) is 0.142. The van der Waals surface area contributed by atoms with Crippen LogP contribution in [0.4, 0.5) is 34.1 Å². The minimum atomic E-state index is -0.192. The summed E-state index contributed by atoms with van der Waals surface area (Å²) < 4.78 is 0. The van der Waals surface area contributed by atoms with Gasteiger partial charge in [0.05, 0.1) is 11.4 Å². The highest BCUT2D eigenvalue weighted by molar-refractivity contribution is 5.99. The summed E-state index contributed by atoms with van der Waals surface area (Å²) in [6.07, 6.45) is 4.59. The van der Waals surface area contributed by atoms with E-state index in [0.717, 1.165) is 18.5 Å². The molecule has 1 spiro atoms. The van der Waals surface area contributed by atoms with Gasteiger partial charge in [-0.05, 0) is 199 Å². The van der Waals surface area contributed by atoms with Crippen LogP contribution < -0.4 is 9.80 Å². The Bertz CT molecular complexity index is 4020. The van der Waals surface area contributed by atoms with Gasteiger partial charge in [0.1, 0.15) is 0 Å². The zero-order valence-electron chi connectivity index (χ0n) is 43.1. The van der Waals surface area contributed by atoms with Crippen LogP contribution in [0, 0.1) is 11.8 Å². The summed E-state index contributed by atoms with van der Waals surface area (Å²) in [5.74, 6) is 0.956. The van der Waals surface area contributed by atoms with E-state index < -0.39 is 0 Å². The first-order valence-corrected chi connectivity index (χ1v) is 27.4. The van der Waals surface area contributed by atoms with Crippen LogP contribution in [-0.4, -0.2) is 0 Å². The molecule has 3 atom stereocenters. The van der Waals surface area contributed by atoms with Crippen LogP contribution in [0.25, 0.3) is 55.3 Å². The Morgan fingerprint density at radius 3 is 1.34 bits per heavy atom. The first-order valence-electron chi connectivity index (χ1n) is 27.4. The molecule has 0 aromatic heterocycles. The van der Waals surface area contributed by atoms with Gasteiger partial charge < -0.3 is 9.80 Å². The molecule has 76 heavy (non-hydrogen) atoms. The normalized spacial score (nSPS) is 18.1. The van der Waals surface area contributed by atoms with E-state index in [-0.39, 0.29) is 10.8 Å². The SMILES string of the molecule is CC1(C)c2ccccc2-c2c(-c3ccccc3)cc(N(c3ccccc3)c3cccc4c3C35c6c(cccc6N(c6ccccc6)c6ccc(-c7cc8ccccc8cc7-c7ccccc7)cc6)CC3CCC5C4)cc21. The van der Waals surface area contributed by atoms with Crippen molar-refractivity contribution in [2.75, 3.05) is 9.80 Å². The molecule has 4 aliphatic carbocycles. The molecule has 11 aromatic carbocycles. The Morgan fingerprint density at radius 1 is 0.342 bits per heavy atom. The molecule has 0 heterocycles. The van der Waals surface area contributed by atoms with Gasteiger partial charge in [-0.1, -0.05) is 196 Å². The summed E-state index contributed by atoms with van der Waals surface area (Å²) in [4.78, 5) is 5.22. The molecule has 0 aliphatic heterocycles. The molecular formula is C74H58N2. The Balaban J connectivity index is 0.928. The van der Waals surface area contributed by atoms with E-state index >= 15 is 0 Å². The Hall–Kier alpha value is -8.72. The van der Waals surface area contributed by atoms with E-state index in [1.807, 2.05) is 0 Å². The molecule has 364 valence electrons. The van der Waals surface area contributed by atoms with Gasteiger partial charge in [0.25, 0.3) is 0 Å². The zero-order valence-corrected chi connectivity index (χ0v) is 43.1. The first kappa shape index (κ1) is 44.7. The van der Waals surface area contributed by atoms with Crippen molar-refractivity contribution in [1.29, 1.82) is 0 Å². The molecule has 0 amide bonds. The fraction of sp³-hybridized carbons (Fsp3) is 0.135. The topological polar surface area (TPSA) is 6.48 Å². The molecule has 2 nitrogen and oxygen atoms in total. The number of benzene rings is 11. The van der Waals surface area contributed by atoms with Crippen molar-refractivity contribution in [3.8, 4) is 44.5 Å². The van der Waals surface area contributed by atoms with E-state index in [9.17, 15) is 0 Å².